The summed E-state index contributed by atoms with van der Waals surface area (Å²) in [5.74, 6) is 0.301. The quantitative estimate of drug-likeness (QED) is 0.657. The molecule has 0 aromatic rings. The Morgan fingerprint density at radius 3 is 3.15 bits per heavy atom. The minimum Gasteiger partial charge on any atom is -0.390 e. The molecule has 1 aliphatic heterocycles. The van der Waals surface area contributed by atoms with Gasteiger partial charge in [0, 0.05) is 5.92 Å². The summed E-state index contributed by atoms with van der Waals surface area (Å²) in [4.78, 5) is 0. The van der Waals surface area contributed by atoms with Crippen LogP contribution >= 0.6 is 0 Å². The van der Waals surface area contributed by atoms with Gasteiger partial charge in [0.2, 0.25) is 0 Å². The number of hydrogen-bond donors (Lipinski definition) is 1. The molecule has 1 aliphatic carbocycles. The van der Waals surface area contributed by atoms with E-state index in [0.717, 1.165) is 12.8 Å². The van der Waals surface area contributed by atoms with Crippen LogP contribution in [0.5, 0.6) is 0 Å². The molecule has 4 atom stereocenters. The molecule has 0 aromatic heterocycles. The van der Waals surface area contributed by atoms with E-state index in [1.54, 1.807) is 6.08 Å². The minimum atomic E-state index is -0.276. The lowest BCUT2D eigenvalue weighted by molar-refractivity contribution is -0.0312. The topological polar surface area (TPSA) is 38.7 Å². The van der Waals surface area contributed by atoms with Crippen molar-refractivity contribution in [3.63, 3.8) is 0 Å². The molecular formula is C10H16O3. The van der Waals surface area contributed by atoms with Gasteiger partial charge >= 0.3 is 0 Å². The van der Waals surface area contributed by atoms with Crippen LogP contribution in [0.1, 0.15) is 12.8 Å². The van der Waals surface area contributed by atoms with Gasteiger partial charge in [-0.25, -0.2) is 0 Å². The molecular weight excluding hydrogens is 168 g/mol. The minimum absolute atomic E-state index is 0.120. The predicted molar refractivity (Wildman–Crippen MR) is 48.4 cm³/mol. The standard InChI is InChI=1S/C10H16O3/c1-2-5-12-9-4-3-7-8(11)6-13-10(7)9/h2,7-11H,1,3-6H2. The van der Waals surface area contributed by atoms with E-state index in [1.807, 2.05) is 0 Å². The van der Waals surface area contributed by atoms with Gasteiger partial charge in [-0.05, 0) is 12.8 Å². The average molecular weight is 184 g/mol. The van der Waals surface area contributed by atoms with Gasteiger partial charge in [-0.2, -0.15) is 0 Å². The van der Waals surface area contributed by atoms with Crippen molar-refractivity contribution in [3.05, 3.63) is 12.7 Å². The monoisotopic (exact) mass is 184 g/mol. The van der Waals surface area contributed by atoms with Gasteiger partial charge in [-0.3, -0.25) is 0 Å². The number of aliphatic hydroxyl groups excluding tert-OH is 1. The number of ether oxygens (including phenoxy) is 2. The molecule has 1 heterocycles. The van der Waals surface area contributed by atoms with Crippen LogP contribution in [0.25, 0.3) is 0 Å². The van der Waals surface area contributed by atoms with Crippen molar-refractivity contribution in [2.24, 2.45) is 5.92 Å². The Balaban J connectivity index is 1.90. The van der Waals surface area contributed by atoms with E-state index in [9.17, 15) is 5.11 Å². The molecule has 1 saturated heterocycles. The van der Waals surface area contributed by atoms with Gasteiger partial charge in [0.25, 0.3) is 0 Å². The Bertz CT molecular complexity index is 193. The Morgan fingerprint density at radius 1 is 1.54 bits per heavy atom. The van der Waals surface area contributed by atoms with Crippen LogP contribution < -0.4 is 0 Å². The van der Waals surface area contributed by atoms with Crippen molar-refractivity contribution in [3.8, 4) is 0 Å². The zero-order valence-corrected chi connectivity index (χ0v) is 7.69. The smallest absolute Gasteiger partial charge is 0.0891 e. The van der Waals surface area contributed by atoms with Crippen molar-refractivity contribution in [2.45, 2.75) is 31.2 Å². The molecule has 0 bridgehead atoms. The fraction of sp³-hybridized carbons (Fsp3) is 0.800. The number of fused-ring (bicyclic) bond motifs is 1. The average Bonchev–Trinajstić information content (AvgIpc) is 2.67. The zero-order valence-electron chi connectivity index (χ0n) is 7.69. The lowest BCUT2D eigenvalue weighted by Crippen LogP contribution is -2.27. The van der Waals surface area contributed by atoms with E-state index >= 15 is 0 Å². The number of rotatable bonds is 3. The lowest BCUT2D eigenvalue weighted by atomic mass is 10.0. The van der Waals surface area contributed by atoms with Crippen LogP contribution in [-0.4, -0.2) is 36.6 Å². The fourth-order valence-corrected chi connectivity index (χ4v) is 2.31. The van der Waals surface area contributed by atoms with E-state index in [-0.39, 0.29) is 18.3 Å². The van der Waals surface area contributed by atoms with Crippen LogP contribution in [0.4, 0.5) is 0 Å². The Morgan fingerprint density at radius 2 is 2.38 bits per heavy atom. The second-order valence-corrected chi connectivity index (χ2v) is 3.77. The maximum atomic E-state index is 9.54. The van der Waals surface area contributed by atoms with Gasteiger partial charge in [0.1, 0.15) is 0 Å². The Kier molecular flexibility index (Phi) is 2.67. The molecule has 2 rings (SSSR count). The molecule has 2 fully saturated rings. The van der Waals surface area contributed by atoms with E-state index in [4.69, 9.17) is 9.47 Å². The molecule has 0 amide bonds. The third kappa shape index (κ3) is 1.64. The molecule has 3 nitrogen and oxygen atoms in total. The zero-order chi connectivity index (χ0) is 9.26. The van der Waals surface area contributed by atoms with Crippen molar-refractivity contribution in [2.75, 3.05) is 13.2 Å². The first-order chi connectivity index (χ1) is 6.33. The molecule has 0 spiro atoms. The summed E-state index contributed by atoms with van der Waals surface area (Å²) in [6, 6.07) is 0. The molecule has 0 radical (unpaired) electrons. The summed E-state index contributed by atoms with van der Waals surface area (Å²) in [6.45, 7) is 4.66. The largest absolute Gasteiger partial charge is 0.390 e. The van der Waals surface area contributed by atoms with Gasteiger partial charge < -0.3 is 14.6 Å². The third-order valence-corrected chi connectivity index (χ3v) is 2.95. The first-order valence-electron chi connectivity index (χ1n) is 4.85. The van der Waals surface area contributed by atoms with Crippen LogP contribution in [0.15, 0.2) is 12.7 Å². The van der Waals surface area contributed by atoms with Crippen LogP contribution in [0.3, 0.4) is 0 Å². The Labute approximate surface area is 78.3 Å². The second-order valence-electron chi connectivity index (χ2n) is 3.77. The van der Waals surface area contributed by atoms with Crippen molar-refractivity contribution in [1.29, 1.82) is 0 Å². The number of aliphatic hydroxyl groups is 1. The van der Waals surface area contributed by atoms with Crippen molar-refractivity contribution < 1.29 is 14.6 Å². The molecule has 2 aliphatic rings. The summed E-state index contributed by atoms with van der Waals surface area (Å²) >= 11 is 0. The highest BCUT2D eigenvalue weighted by Gasteiger charge is 2.45. The van der Waals surface area contributed by atoms with Crippen molar-refractivity contribution >= 4 is 0 Å². The summed E-state index contributed by atoms with van der Waals surface area (Å²) in [7, 11) is 0. The maximum absolute atomic E-state index is 9.54. The number of hydrogen-bond acceptors (Lipinski definition) is 3. The molecule has 4 unspecified atom stereocenters. The normalized spacial score (nSPS) is 43.5. The molecule has 1 N–H and O–H groups in total. The van der Waals surface area contributed by atoms with E-state index in [2.05, 4.69) is 6.58 Å². The van der Waals surface area contributed by atoms with Gasteiger partial charge in [-0.15, -0.1) is 6.58 Å². The fourth-order valence-electron chi connectivity index (χ4n) is 2.31. The molecule has 3 heteroatoms. The first kappa shape index (κ1) is 9.19. The van der Waals surface area contributed by atoms with Crippen LogP contribution in [-0.2, 0) is 9.47 Å². The lowest BCUT2D eigenvalue weighted by Gasteiger charge is -2.17. The van der Waals surface area contributed by atoms with Crippen LogP contribution in [0, 0.1) is 5.92 Å². The Hall–Kier alpha value is -0.380. The van der Waals surface area contributed by atoms with Gasteiger partial charge in [0.05, 0.1) is 31.5 Å². The summed E-state index contributed by atoms with van der Waals surface area (Å²) in [5.41, 5.74) is 0. The highest BCUT2D eigenvalue weighted by atomic mass is 16.6. The molecule has 13 heavy (non-hydrogen) atoms. The SMILES string of the molecule is C=CCOC1CCC2C(O)COC12. The second kappa shape index (κ2) is 3.78. The molecule has 74 valence electrons. The van der Waals surface area contributed by atoms with E-state index < -0.39 is 0 Å². The van der Waals surface area contributed by atoms with Crippen molar-refractivity contribution in [1.82, 2.24) is 0 Å². The first-order valence-corrected chi connectivity index (χ1v) is 4.85. The summed E-state index contributed by atoms with van der Waals surface area (Å²) < 4.78 is 11.0. The highest BCUT2D eigenvalue weighted by molar-refractivity contribution is 4.95. The van der Waals surface area contributed by atoms with E-state index in [0.29, 0.717) is 19.1 Å². The molecule has 1 saturated carbocycles. The van der Waals surface area contributed by atoms with Gasteiger partial charge in [-0.1, -0.05) is 6.08 Å². The summed E-state index contributed by atoms with van der Waals surface area (Å²) in [6.07, 6.45) is 3.78. The van der Waals surface area contributed by atoms with E-state index in [1.165, 1.54) is 0 Å². The van der Waals surface area contributed by atoms with Gasteiger partial charge in [0.15, 0.2) is 0 Å². The third-order valence-electron chi connectivity index (χ3n) is 2.95. The highest BCUT2D eigenvalue weighted by Crippen LogP contribution is 2.37. The predicted octanol–water partition coefficient (Wildman–Crippen LogP) is 0.727. The summed E-state index contributed by atoms with van der Waals surface area (Å²) in [5, 5.41) is 9.54. The van der Waals surface area contributed by atoms with Crippen LogP contribution in [0.2, 0.25) is 0 Å². The maximum Gasteiger partial charge on any atom is 0.0891 e. The molecule has 0 aromatic carbocycles.